The molecule has 1 N–H and O–H groups in total. The highest BCUT2D eigenvalue weighted by Gasteiger charge is 2.19. The smallest absolute Gasteiger partial charge is 0.0734 e. The molecule has 0 aliphatic carbocycles. The maximum absolute atomic E-state index is 9.07. The fourth-order valence-electron chi connectivity index (χ4n) is 0.968. The van der Waals surface area contributed by atoms with Crippen LogP contribution in [0.3, 0.4) is 0 Å². The van der Waals surface area contributed by atoms with Crippen molar-refractivity contribution in [2.75, 3.05) is 12.5 Å². The van der Waals surface area contributed by atoms with Crippen molar-refractivity contribution in [2.24, 2.45) is 0 Å². The number of halogens is 1. The van der Waals surface area contributed by atoms with Gasteiger partial charge in [0.25, 0.3) is 0 Å². The molecule has 0 bridgehead atoms. The number of aliphatic hydroxyl groups is 1. The molecule has 0 saturated carbocycles. The number of rotatable bonds is 1. The summed E-state index contributed by atoms with van der Waals surface area (Å²) in [5, 5.41) is 9.07. The molecule has 0 amide bonds. The van der Waals surface area contributed by atoms with Crippen LogP contribution in [0.4, 0.5) is 0 Å². The molecule has 0 aromatic heterocycles. The van der Waals surface area contributed by atoms with Crippen molar-refractivity contribution in [1.82, 2.24) is 0 Å². The van der Waals surface area contributed by atoms with Gasteiger partial charge >= 0.3 is 0 Å². The third-order valence-corrected chi connectivity index (χ3v) is 1.86. The van der Waals surface area contributed by atoms with Crippen LogP contribution >= 0.6 is 11.6 Å². The van der Waals surface area contributed by atoms with Crippen LogP contribution in [0.5, 0.6) is 0 Å². The quantitative estimate of drug-likeness (QED) is 0.560. The van der Waals surface area contributed by atoms with E-state index in [1.807, 2.05) is 0 Å². The van der Waals surface area contributed by atoms with Crippen LogP contribution in [-0.2, 0) is 4.74 Å². The Morgan fingerprint density at radius 3 is 2.89 bits per heavy atom. The summed E-state index contributed by atoms with van der Waals surface area (Å²) in [4.78, 5) is 0. The summed E-state index contributed by atoms with van der Waals surface area (Å²) in [5.74, 6) is 0.497. The molecule has 1 aliphatic rings. The Balaban J connectivity index is 2.23. The van der Waals surface area contributed by atoms with Gasteiger partial charge in [0.1, 0.15) is 0 Å². The van der Waals surface area contributed by atoms with Crippen molar-refractivity contribution in [2.45, 2.75) is 25.0 Å². The normalized spacial score (nSPS) is 36.7. The summed E-state index contributed by atoms with van der Waals surface area (Å²) >= 11 is 5.51. The summed E-state index contributed by atoms with van der Waals surface area (Å²) in [5.41, 5.74) is 0. The summed E-state index contributed by atoms with van der Waals surface area (Å²) in [6.45, 7) is 0.651. The van der Waals surface area contributed by atoms with Crippen molar-refractivity contribution < 1.29 is 9.84 Å². The number of hydrogen-bond acceptors (Lipinski definition) is 2. The molecule has 9 heavy (non-hydrogen) atoms. The van der Waals surface area contributed by atoms with Crippen molar-refractivity contribution in [3.05, 3.63) is 0 Å². The first-order valence-corrected chi connectivity index (χ1v) is 3.72. The maximum Gasteiger partial charge on any atom is 0.0734 e. The monoisotopic (exact) mass is 150 g/mol. The molecule has 2 unspecified atom stereocenters. The molecule has 1 aliphatic heterocycles. The van der Waals surface area contributed by atoms with Gasteiger partial charge in [-0.2, -0.15) is 0 Å². The summed E-state index contributed by atoms with van der Waals surface area (Å²) in [6.07, 6.45) is 1.34. The molecule has 0 radical (unpaired) electrons. The average Bonchev–Trinajstić information content (AvgIpc) is 1.88. The fraction of sp³-hybridized carbons (Fsp3) is 1.00. The number of alkyl halides is 1. The van der Waals surface area contributed by atoms with Gasteiger partial charge in [-0.1, -0.05) is 0 Å². The predicted molar refractivity (Wildman–Crippen MR) is 35.7 cm³/mol. The Kier molecular flexibility index (Phi) is 2.76. The average molecular weight is 151 g/mol. The topological polar surface area (TPSA) is 29.5 Å². The van der Waals surface area contributed by atoms with E-state index < -0.39 is 0 Å². The molecule has 0 aromatic rings. The zero-order chi connectivity index (χ0) is 6.69. The minimum atomic E-state index is -0.192. The van der Waals surface area contributed by atoms with Gasteiger partial charge in [0.05, 0.1) is 12.2 Å². The Bertz CT molecular complexity index is 87.1. The van der Waals surface area contributed by atoms with E-state index in [0.29, 0.717) is 18.9 Å². The van der Waals surface area contributed by atoms with Crippen LogP contribution in [0.15, 0.2) is 0 Å². The van der Waals surface area contributed by atoms with Crippen LogP contribution < -0.4 is 0 Å². The van der Waals surface area contributed by atoms with Gasteiger partial charge in [-0.3, -0.25) is 0 Å². The predicted octanol–water partition coefficient (Wildman–Crippen LogP) is 0.765. The van der Waals surface area contributed by atoms with Gasteiger partial charge in [-0.25, -0.2) is 0 Å². The molecule has 1 saturated heterocycles. The van der Waals surface area contributed by atoms with Crippen molar-refractivity contribution in [3.63, 3.8) is 0 Å². The first kappa shape index (κ1) is 7.32. The molecule has 0 aromatic carbocycles. The van der Waals surface area contributed by atoms with Gasteiger partial charge in [0.15, 0.2) is 0 Å². The highest BCUT2D eigenvalue weighted by Crippen LogP contribution is 2.13. The molecular weight excluding hydrogens is 140 g/mol. The largest absolute Gasteiger partial charge is 0.393 e. The van der Waals surface area contributed by atoms with E-state index in [1.165, 1.54) is 0 Å². The van der Waals surface area contributed by atoms with Gasteiger partial charge in [0, 0.05) is 18.9 Å². The third-order valence-electron chi connectivity index (χ3n) is 1.51. The standard InChI is InChI=1S/C6H11ClO2/c7-4-6-3-5(8)1-2-9-6/h5-6,8H,1-4H2. The van der Waals surface area contributed by atoms with Crippen LogP contribution in [0, 0.1) is 0 Å². The Morgan fingerprint density at radius 1 is 1.67 bits per heavy atom. The van der Waals surface area contributed by atoms with Crippen molar-refractivity contribution >= 4 is 11.6 Å². The SMILES string of the molecule is OC1CCOC(CCl)C1. The van der Waals surface area contributed by atoms with E-state index in [4.69, 9.17) is 21.4 Å². The first-order chi connectivity index (χ1) is 4.33. The first-order valence-electron chi connectivity index (χ1n) is 3.18. The zero-order valence-corrected chi connectivity index (χ0v) is 5.97. The van der Waals surface area contributed by atoms with Crippen molar-refractivity contribution in [3.8, 4) is 0 Å². The second-order valence-electron chi connectivity index (χ2n) is 2.33. The van der Waals surface area contributed by atoms with E-state index >= 15 is 0 Å². The van der Waals surface area contributed by atoms with Gasteiger partial charge in [0.2, 0.25) is 0 Å². The molecule has 1 rings (SSSR count). The zero-order valence-electron chi connectivity index (χ0n) is 5.22. The summed E-state index contributed by atoms with van der Waals surface area (Å²) in [6, 6.07) is 0. The molecule has 2 nitrogen and oxygen atoms in total. The lowest BCUT2D eigenvalue weighted by Gasteiger charge is -2.24. The Morgan fingerprint density at radius 2 is 2.44 bits per heavy atom. The summed E-state index contributed by atoms with van der Waals surface area (Å²) < 4.78 is 5.21. The molecule has 3 heteroatoms. The lowest BCUT2D eigenvalue weighted by molar-refractivity contribution is -0.0324. The molecule has 54 valence electrons. The van der Waals surface area contributed by atoms with Gasteiger partial charge in [-0.05, 0) is 6.42 Å². The Hall–Kier alpha value is 0.210. The Labute approximate surface area is 59.8 Å². The second-order valence-corrected chi connectivity index (χ2v) is 2.63. The van der Waals surface area contributed by atoms with Crippen LogP contribution in [-0.4, -0.2) is 29.8 Å². The van der Waals surface area contributed by atoms with Gasteiger partial charge < -0.3 is 9.84 Å². The molecular formula is C6H11ClO2. The van der Waals surface area contributed by atoms with E-state index in [2.05, 4.69) is 0 Å². The van der Waals surface area contributed by atoms with Gasteiger partial charge in [-0.15, -0.1) is 11.6 Å². The maximum atomic E-state index is 9.07. The number of hydrogen-bond donors (Lipinski definition) is 1. The van der Waals surface area contributed by atoms with Crippen LogP contribution in [0.1, 0.15) is 12.8 Å². The molecule has 1 fully saturated rings. The van der Waals surface area contributed by atoms with E-state index in [1.54, 1.807) is 0 Å². The number of ether oxygens (including phenoxy) is 1. The molecule has 0 spiro atoms. The van der Waals surface area contributed by atoms with Crippen molar-refractivity contribution in [1.29, 1.82) is 0 Å². The number of aliphatic hydroxyl groups excluding tert-OH is 1. The van der Waals surface area contributed by atoms with Crippen LogP contribution in [0.2, 0.25) is 0 Å². The highest BCUT2D eigenvalue weighted by molar-refractivity contribution is 6.18. The summed E-state index contributed by atoms with van der Waals surface area (Å²) in [7, 11) is 0. The molecule has 1 heterocycles. The highest BCUT2D eigenvalue weighted by atomic mass is 35.5. The minimum absolute atomic E-state index is 0.0791. The molecule has 2 atom stereocenters. The van der Waals surface area contributed by atoms with E-state index in [0.717, 1.165) is 6.42 Å². The second kappa shape index (κ2) is 3.40. The van der Waals surface area contributed by atoms with Crippen LogP contribution in [0.25, 0.3) is 0 Å². The lowest BCUT2D eigenvalue weighted by atomic mass is 10.1. The van der Waals surface area contributed by atoms with E-state index in [-0.39, 0.29) is 12.2 Å². The third kappa shape index (κ3) is 2.12. The van der Waals surface area contributed by atoms with E-state index in [9.17, 15) is 0 Å². The minimum Gasteiger partial charge on any atom is -0.393 e. The fourth-order valence-corrected chi connectivity index (χ4v) is 1.18. The lowest BCUT2D eigenvalue weighted by Crippen LogP contribution is -2.29.